The highest BCUT2D eigenvalue weighted by Crippen LogP contribution is 2.29. The van der Waals surface area contributed by atoms with Crippen LogP contribution in [-0.4, -0.2) is 25.0 Å². The third kappa shape index (κ3) is 1.67. The van der Waals surface area contributed by atoms with Crippen LogP contribution in [0.2, 0.25) is 0 Å². The van der Waals surface area contributed by atoms with Crippen LogP contribution in [0.25, 0.3) is 16.3 Å². The van der Waals surface area contributed by atoms with E-state index in [0.29, 0.717) is 5.78 Å². The molecule has 0 aliphatic carbocycles. The standard InChI is InChI=1S/C11H8BrN3O2S/c1-14-8(10(16)17)4-15-3-7(13-11(14)15)9-2-6(12)5-18-9/h2-5H,1H3,(H,16,17). The lowest BCUT2D eigenvalue weighted by Gasteiger charge is -1.94. The van der Waals surface area contributed by atoms with Gasteiger partial charge < -0.3 is 9.67 Å². The van der Waals surface area contributed by atoms with Crippen LogP contribution in [0.5, 0.6) is 0 Å². The summed E-state index contributed by atoms with van der Waals surface area (Å²) in [5, 5.41) is 11.0. The molecule has 5 nitrogen and oxygen atoms in total. The van der Waals surface area contributed by atoms with Gasteiger partial charge in [-0.15, -0.1) is 11.3 Å². The fourth-order valence-corrected chi connectivity index (χ4v) is 3.20. The molecule has 0 spiro atoms. The number of halogens is 1. The van der Waals surface area contributed by atoms with Gasteiger partial charge in [0.25, 0.3) is 0 Å². The summed E-state index contributed by atoms with van der Waals surface area (Å²) in [5.41, 5.74) is 1.06. The van der Waals surface area contributed by atoms with Crippen LogP contribution in [0, 0.1) is 0 Å². The van der Waals surface area contributed by atoms with Gasteiger partial charge in [-0.2, -0.15) is 0 Å². The molecule has 7 heteroatoms. The lowest BCUT2D eigenvalue weighted by molar-refractivity contribution is 0.0687. The monoisotopic (exact) mass is 325 g/mol. The summed E-state index contributed by atoms with van der Waals surface area (Å²) in [4.78, 5) is 16.5. The molecule has 0 bridgehead atoms. The van der Waals surface area contributed by atoms with Crippen LogP contribution in [0.3, 0.4) is 0 Å². The Morgan fingerprint density at radius 3 is 2.83 bits per heavy atom. The van der Waals surface area contributed by atoms with Gasteiger partial charge in [-0.25, -0.2) is 9.78 Å². The number of hydrogen-bond donors (Lipinski definition) is 1. The molecule has 0 atom stereocenters. The Balaban J connectivity index is 2.16. The first-order valence-corrected chi connectivity index (χ1v) is 6.75. The van der Waals surface area contributed by atoms with Crippen molar-refractivity contribution in [1.29, 1.82) is 0 Å². The van der Waals surface area contributed by atoms with Crippen LogP contribution >= 0.6 is 27.3 Å². The fourth-order valence-electron chi connectivity index (χ4n) is 1.82. The largest absolute Gasteiger partial charge is 0.477 e. The maximum atomic E-state index is 11.0. The van der Waals surface area contributed by atoms with Gasteiger partial charge in [0.1, 0.15) is 11.4 Å². The number of aryl methyl sites for hydroxylation is 1. The van der Waals surface area contributed by atoms with Gasteiger partial charge in [0.15, 0.2) is 0 Å². The molecule has 3 heterocycles. The van der Waals surface area contributed by atoms with E-state index in [0.717, 1.165) is 15.0 Å². The number of fused-ring (bicyclic) bond motifs is 1. The van der Waals surface area contributed by atoms with Gasteiger partial charge in [-0.1, -0.05) is 0 Å². The van der Waals surface area contributed by atoms with E-state index in [4.69, 9.17) is 5.11 Å². The number of aromatic nitrogens is 3. The Bertz CT molecular complexity index is 756. The number of aromatic carboxylic acids is 1. The van der Waals surface area contributed by atoms with Crippen molar-refractivity contribution in [3.8, 4) is 10.6 Å². The molecular formula is C11H8BrN3O2S. The molecule has 3 aromatic heterocycles. The summed E-state index contributed by atoms with van der Waals surface area (Å²) in [6, 6.07) is 1.99. The van der Waals surface area contributed by atoms with Crippen molar-refractivity contribution in [2.75, 3.05) is 0 Å². The second-order valence-electron chi connectivity index (χ2n) is 3.84. The quantitative estimate of drug-likeness (QED) is 0.788. The molecule has 0 unspecified atom stereocenters. The summed E-state index contributed by atoms with van der Waals surface area (Å²) in [6.45, 7) is 0. The molecule has 0 saturated carbocycles. The van der Waals surface area contributed by atoms with Gasteiger partial charge in [0, 0.05) is 29.3 Å². The van der Waals surface area contributed by atoms with E-state index < -0.39 is 5.97 Å². The Morgan fingerprint density at radius 2 is 2.28 bits per heavy atom. The first-order valence-electron chi connectivity index (χ1n) is 5.08. The Hall–Kier alpha value is -1.60. The van der Waals surface area contributed by atoms with Gasteiger partial charge >= 0.3 is 5.97 Å². The molecule has 0 aliphatic heterocycles. The highest BCUT2D eigenvalue weighted by Gasteiger charge is 2.15. The van der Waals surface area contributed by atoms with Crippen molar-refractivity contribution < 1.29 is 9.90 Å². The maximum Gasteiger partial charge on any atom is 0.354 e. The molecule has 0 amide bonds. The first-order chi connectivity index (χ1) is 8.56. The number of hydrogen-bond acceptors (Lipinski definition) is 3. The average Bonchev–Trinajstić information content (AvgIpc) is 2.95. The summed E-state index contributed by atoms with van der Waals surface area (Å²) >= 11 is 4.99. The van der Waals surface area contributed by atoms with Crippen molar-refractivity contribution in [2.24, 2.45) is 7.05 Å². The number of imidazole rings is 2. The minimum Gasteiger partial charge on any atom is -0.477 e. The van der Waals surface area contributed by atoms with Crippen LogP contribution < -0.4 is 0 Å². The van der Waals surface area contributed by atoms with Crippen LogP contribution in [-0.2, 0) is 7.05 Å². The lowest BCUT2D eigenvalue weighted by atomic mass is 10.4. The molecule has 92 valence electrons. The van der Waals surface area contributed by atoms with Crippen molar-refractivity contribution >= 4 is 39.0 Å². The molecule has 3 rings (SSSR count). The zero-order chi connectivity index (χ0) is 12.9. The van der Waals surface area contributed by atoms with E-state index in [1.807, 2.05) is 17.6 Å². The molecule has 18 heavy (non-hydrogen) atoms. The highest BCUT2D eigenvalue weighted by molar-refractivity contribution is 9.10. The van der Waals surface area contributed by atoms with Crippen molar-refractivity contribution in [2.45, 2.75) is 0 Å². The number of carboxylic acid groups (broad SMARTS) is 1. The first kappa shape index (κ1) is 11.5. The lowest BCUT2D eigenvalue weighted by Crippen LogP contribution is -2.04. The SMILES string of the molecule is Cn1c(C(=O)O)cn2cc(-c3cc(Br)cs3)nc12. The minimum absolute atomic E-state index is 0.219. The Labute approximate surface area is 114 Å². The molecule has 0 fully saturated rings. The summed E-state index contributed by atoms with van der Waals surface area (Å²) < 4.78 is 4.31. The summed E-state index contributed by atoms with van der Waals surface area (Å²) in [5.74, 6) is -0.338. The highest BCUT2D eigenvalue weighted by atomic mass is 79.9. The van der Waals surface area contributed by atoms with E-state index in [2.05, 4.69) is 20.9 Å². The van der Waals surface area contributed by atoms with E-state index in [1.54, 1.807) is 33.5 Å². The number of nitrogens with zero attached hydrogens (tertiary/aromatic N) is 3. The van der Waals surface area contributed by atoms with Crippen LogP contribution in [0.1, 0.15) is 10.5 Å². The van der Waals surface area contributed by atoms with E-state index in [-0.39, 0.29) is 5.69 Å². The topological polar surface area (TPSA) is 59.5 Å². The van der Waals surface area contributed by atoms with Crippen molar-refractivity contribution in [3.05, 3.63) is 34.0 Å². The van der Waals surface area contributed by atoms with Gasteiger partial charge in [-0.05, 0) is 22.0 Å². The molecule has 3 aromatic rings. The minimum atomic E-state index is -0.955. The molecular weight excluding hydrogens is 318 g/mol. The van der Waals surface area contributed by atoms with E-state index >= 15 is 0 Å². The number of rotatable bonds is 2. The van der Waals surface area contributed by atoms with Gasteiger partial charge in [0.05, 0.1) is 4.88 Å². The van der Waals surface area contributed by atoms with Gasteiger partial charge in [0.2, 0.25) is 5.78 Å². The predicted molar refractivity (Wildman–Crippen MR) is 72.1 cm³/mol. The molecule has 1 N–H and O–H groups in total. The summed E-state index contributed by atoms with van der Waals surface area (Å²) in [6.07, 6.45) is 3.40. The molecule has 0 aromatic carbocycles. The van der Waals surface area contributed by atoms with Crippen LogP contribution in [0.15, 0.2) is 28.3 Å². The molecule has 0 aliphatic rings. The van der Waals surface area contributed by atoms with Crippen LogP contribution in [0.4, 0.5) is 0 Å². The summed E-state index contributed by atoms with van der Waals surface area (Å²) in [7, 11) is 1.69. The third-order valence-corrected chi connectivity index (χ3v) is 4.39. The second-order valence-corrected chi connectivity index (χ2v) is 5.67. The number of carbonyl (C=O) groups is 1. The van der Waals surface area contributed by atoms with Gasteiger partial charge in [-0.3, -0.25) is 4.40 Å². The maximum absolute atomic E-state index is 11.0. The zero-order valence-electron chi connectivity index (χ0n) is 9.29. The van der Waals surface area contributed by atoms with E-state index in [9.17, 15) is 4.79 Å². The second kappa shape index (κ2) is 3.96. The number of carboxylic acids is 1. The predicted octanol–water partition coefficient (Wildman–Crippen LogP) is 2.86. The smallest absolute Gasteiger partial charge is 0.354 e. The normalized spacial score (nSPS) is 11.2. The number of thiophene rings is 1. The average molecular weight is 326 g/mol. The molecule has 0 radical (unpaired) electrons. The van der Waals surface area contributed by atoms with Crippen molar-refractivity contribution in [3.63, 3.8) is 0 Å². The molecule has 0 saturated heterocycles. The van der Waals surface area contributed by atoms with Crippen molar-refractivity contribution in [1.82, 2.24) is 14.0 Å². The Kier molecular flexibility index (Phi) is 2.53. The fraction of sp³-hybridized carbons (Fsp3) is 0.0909. The zero-order valence-corrected chi connectivity index (χ0v) is 11.7. The Morgan fingerprint density at radius 1 is 1.50 bits per heavy atom. The third-order valence-electron chi connectivity index (χ3n) is 2.67. The van der Waals surface area contributed by atoms with E-state index in [1.165, 1.54) is 0 Å².